The van der Waals surface area contributed by atoms with Gasteiger partial charge in [0.25, 0.3) is 5.91 Å². The van der Waals surface area contributed by atoms with Gasteiger partial charge in [0.2, 0.25) is 0 Å². The number of hydrogen-bond donors (Lipinski definition) is 2. The van der Waals surface area contributed by atoms with Gasteiger partial charge >= 0.3 is 12.1 Å². The number of ether oxygens (including phenoxy) is 1. The number of rotatable bonds is 11. The van der Waals surface area contributed by atoms with Gasteiger partial charge in [0.05, 0.1) is 23.5 Å². The molecule has 36 heavy (non-hydrogen) atoms. The lowest BCUT2D eigenvalue weighted by molar-refractivity contribution is -0.138. The number of hydrogen-bond acceptors (Lipinski definition) is 4. The van der Waals surface area contributed by atoms with E-state index in [1.54, 1.807) is 6.07 Å². The second-order valence-electron chi connectivity index (χ2n) is 8.48. The Labute approximate surface area is 211 Å². The number of alkyl halides is 3. The molecule has 0 saturated carbocycles. The van der Waals surface area contributed by atoms with Crippen molar-refractivity contribution in [1.29, 1.82) is 0 Å². The zero-order chi connectivity index (χ0) is 26.3. The second-order valence-corrected chi connectivity index (χ2v) is 9.65. The molecule has 1 aromatic heterocycles. The third-order valence-electron chi connectivity index (χ3n) is 5.60. The first-order valence-corrected chi connectivity index (χ1v) is 12.4. The minimum Gasteiger partial charge on any atom is -0.494 e. The molecular formula is C27H28F3NO4S. The molecule has 0 aliphatic carbocycles. The van der Waals surface area contributed by atoms with E-state index in [0.29, 0.717) is 11.5 Å². The first-order chi connectivity index (χ1) is 17.0. The van der Waals surface area contributed by atoms with E-state index < -0.39 is 17.7 Å². The van der Waals surface area contributed by atoms with Crippen molar-refractivity contribution in [2.75, 3.05) is 13.2 Å². The summed E-state index contributed by atoms with van der Waals surface area (Å²) in [5.74, 6) is -0.497. The maximum absolute atomic E-state index is 12.9. The monoisotopic (exact) mass is 519 g/mol. The van der Waals surface area contributed by atoms with Crippen LogP contribution in [-0.2, 0) is 17.4 Å². The topological polar surface area (TPSA) is 75.6 Å². The summed E-state index contributed by atoms with van der Waals surface area (Å²) in [6.45, 7) is 4.45. The van der Waals surface area contributed by atoms with Gasteiger partial charge in [0, 0.05) is 11.4 Å². The summed E-state index contributed by atoms with van der Waals surface area (Å²) in [5, 5.41) is 11.2. The highest BCUT2D eigenvalue weighted by atomic mass is 32.1. The van der Waals surface area contributed by atoms with Gasteiger partial charge in [-0.1, -0.05) is 12.1 Å². The molecule has 0 aliphatic heterocycles. The lowest BCUT2D eigenvalue weighted by atomic mass is 9.94. The van der Waals surface area contributed by atoms with E-state index in [2.05, 4.69) is 5.32 Å². The highest BCUT2D eigenvalue weighted by Gasteiger charge is 2.30. The smallest absolute Gasteiger partial charge is 0.416 e. The van der Waals surface area contributed by atoms with Crippen LogP contribution in [0.3, 0.4) is 0 Å². The summed E-state index contributed by atoms with van der Waals surface area (Å²) in [6.07, 6.45) is -1.97. The number of benzene rings is 2. The van der Waals surface area contributed by atoms with Crippen molar-refractivity contribution in [3.63, 3.8) is 0 Å². The fourth-order valence-corrected chi connectivity index (χ4v) is 4.85. The summed E-state index contributed by atoms with van der Waals surface area (Å²) in [5.41, 5.74) is 2.82. The quantitative estimate of drug-likeness (QED) is 0.278. The molecule has 1 amide bonds. The third kappa shape index (κ3) is 7.58. The van der Waals surface area contributed by atoms with Crippen molar-refractivity contribution in [3.8, 4) is 16.9 Å². The average Bonchev–Trinajstić information content (AvgIpc) is 3.27. The molecule has 0 atom stereocenters. The molecule has 0 bridgehead atoms. The van der Waals surface area contributed by atoms with Crippen LogP contribution in [0, 0.1) is 13.8 Å². The van der Waals surface area contributed by atoms with Crippen molar-refractivity contribution >= 4 is 23.2 Å². The van der Waals surface area contributed by atoms with Crippen LogP contribution in [0.1, 0.15) is 50.5 Å². The standard InChI is InChI=1S/C27H28F3NO4S/c1-17-15-21(16-18(2)25(17)19-6-8-20(9-7-19)27(28,29)30)35-14-4-3-5-22-10-11-23(36-22)26(34)31-13-12-24(32)33/h6-11,15-16H,3-5,12-14H2,1-2H3,(H,31,34)(H,32,33). The number of nitrogens with one attached hydrogen (secondary N) is 1. The van der Waals surface area contributed by atoms with Crippen LogP contribution < -0.4 is 10.1 Å². The predicted molar refractivity (Wildman–Crippen MR) is 134 cm³/mol. The summed E-state index contributed by atoms with van der Waals surface area (Å²) in [7, 11) is 0. The number of amides is 1. The molecule has 5 nitrogen and oxygen atoms in total. The van der Waals surface area contributed by atoms with Gasteiger partial charge in [0.1, 0.15) is 5.75 Å². The second kappa shape index (κ2) is 12.1. The molecule has 192 valence electrons. The van der Waals surface area contributed by atoms with Gasteiger partial charge in [0.15, 0.2) is 0 Å². The molecule has 0 saturated heterocycles. The molecule has 0 aliphatic rings. The van der Waals surface area contributed by atoms with Crippen LogP contribution in [0.15, 0.2) is 48.5 Å². The van der Waals surface area contributed by atoms with Crippen molar-refractivity contribution in [3.05, 3.63) is 75.0 Å². The zero-order valence-electron chi connectivity index (χ0n) is 20.1. The van der Waals surface area contributed by atoms with E-state index in [-0.39, 0.29) is 18.9 Å². The predicted octanol–water partition coefficient (Wildman–Crippen LogP) is 6.66. The minimum atomic E-state index is -4.36. The Bertz CT molecular complexity index is 1180. The fraction of sp³-hybridized carbons (Fsp3) is 0.333. The van der Waals surface area contributed by atoms with Crippen molar-refractivity contribution in [2.24, 2.45) is 0 Å². The van der Waals surface area contributed by atoms with Gasteiger partial charge in [-0.05, 0) is 91.8 Å². The average molecular weight is 520 g/mol. The number of halogens is 3. The Morgan fingerprint density at radius 3 is 2.28 bits per heavy atom. The highest BCUT2D eigenvalue weighted by molar-refractivity contribution is 7.14. The molecule has 0 unspecified atom stereocenters. The Kier molecular flexibility index (Phi) is 9.14. The molecule has 0 radical (unpaired) electrons. The molecule has 3 aromatic rings. The van der Waals surface area contributed by atoms with Gasteiger partial charge in [-0.3, -0.25) is 9.59 Å². The third-order valence-corrected chi connectivity index (χ3v) is 6.75. The van der Waals surface area contributed by atoms with Crippen molar-refractivity contribution in [2.45, 2.75) is 45.7 Å². The fourth-order valence-electron chi connectivity index (χ4n) is 3.88. The van der Waals surface area contributed by atoms with Gasteiger partial charge in [-0.15, -0.1) is 11.3 Å². The van der Waals surface area contributed by atoms with E-state index >= 15 is 0 Å². The number of unbranched alkanes of at least 4 members (excludes halogenated alkanes) is 1. The number of carboxylic acid groups (broad SMARTS) is 1. The Morgan fingerprint density at radius 2 is 1.67 bits per heavy atom. The Hall–Kier alpha value is -3.33. The van der Waals surface area contributed by atoms with E-state index in [1.807, 2.05) is 32.0 Å². The summed E-state index contributed by atoms with van der Waals surface area (Å²) < 4.78 is 44.5. The van der Waals surface area contributed by atoms with Crippen LogP contribution in [0.5, 0.6) is 5.75 Å². The van der Waals surface area contributed by atoms with E-state index in [9.17, 15) is 22.8 Å². The lowest BCUT2D eigenvalue weighted by Crippen LogP contribution is -2.25. The molecule has 0 fully saturated rings. The molecule has 3 rings (SSSR count). The number of aliphatic carboxylic acids is 1. The van der Waals surface area contributed by atoms with Gasteiger partial charge in [-0.2, -0.15) is 13.2 Å². The molecule has 2 N–H and O–H groups in total. The molecule has 2 aromatic carbocycles. The minimum absolute atomic E-state index is 0.100. The molecule has 1 heterocycles. The van der Waals surface area contributed by atoms with E-state index in [4.69, 9.17) is 9.84 Å². The normalized spacial score (nSPS) is 11.4. The number of carboxylic acids is 1. The Morgan fingerprint density at radius 1 is 1.00 bits per heavy atom. The number of aryl methyl sites for hydroxylation is 3. The van der Waals surface area contributed by atoms with Crippen LogP contribution in [0.4, 0.5) is 13.2 Å². The van der Waals surface area contributed by atoms with Gasteiger partial charge in [-0.25, -0.2) is 0 Å². The van der Waals surface area contributed by atoms with E-state index in [0.717, 1.165) is 64.3 Å². The number of thiophene rings is 1. The van der Waals surface area contributed by atoms with E-state index in [1.165, 1.54) is 23.5 Å². The largest absolute Gasteiger partial charge is 0.494 e. The number of carbonyl (C=O) groups is 2. The van der Waals surface area contributed by atoms with Crippen LogP contribution in [0.25, 0.3) is 11.1 Å². The van der Waals surface area contributed by atoms with Crippen LogP contribution >= 0.6 is 11.3 Å². The summed E-state index contributed by atoms with van der Waals surface area (Å²) in [6, 6.07) is 12.6. The maximum Gasteiger partial charge on any atom is 0.416 e. The molecular weight excluding hydrogens is 491 g/mol. The maximum atomic E-state index is 12.9. The van der Waals surface area contributed by atoms with Crippen molar-refractivity contribution in [1.82, 2.24) is 5.32 Å². The first-order valence-electron chi connectivity index (χ1n) is 11.5. The molecule has 9 heteroatoms. The number of carbonyl (C=O) groups excluding carboxylic acids is 1. The lowest BCUT2D eigenvalue weighted by Gasteiger charge is -2.15. The SMILES string of the molecule is Cc1cc(OCCCCc2ccc(C(=O)NCCC(=O)O)s2)cc(C)c1-c1ccc(C(F)(F)F)cc1. The first kappa shape index (κ1) is 27.3. The molecule has 0 spiro atoms. The van der Waals surface area contributed by atoms with Crippen molar-refractivity contribution < 1.29 is 32.6 Å². The van der Waals surface area contributed by atoms with Gasteiger partial charge < -0.3 is 15.2 Å². The van der Waals surface area contributed by atoms with Crippen LogP contribution in [-0.4, -0.2) is 30.1 Å². The summed E-state index contributed by atoms with van der Waals surface area (Å²) in [4.78, 5) is 24.2. The summed E-state index contributed by atoms with van der Waals surface area (Å²) >= 11 is 1.40. The zero-order valence-corrected chi connectivity index (χ0v) is 20.9. The van der Waals surface area contributed by atoms with Crippen LogP contribution in [0.2, 0.25) is 0 Å². The highest BCUT2D eigenvalue weighted by Crippen LogP contribution is 2.34. The Balaban J connectivity index is 1.47.